The average molecular weight is 314 g/mol. The molecule has 3 aromatic rings. The fraction of sp³-hybridized carbons (Fsp3) is 0.400. The van der Waals surface area contributed by atoms with Crippen LogP contribution in [0.5, 0.6) is 0 Å². The van der Waals surface area contributed by atoms with E-state index in [0.717, 1.165) is 32.8 Å². The Bertz CT molecular complexity index is 806. The molecule has 2 atom stereocenters. The van der Waals surface area contributed by atoms with Crippen LogP contribution in [0, 0.1) is 5.92 Å². The number of hydrogen-bond acceptors (Lipinski definition) is 7. The number of nitrogens with one attached hydrogen (secondary N) is 3. The topological polar surface area (TPSA) is 74.8 Å². The molecule has 3 aromatic heterocycles. The summed E-state index contributed by atoms with van der Waals surface area (Å²) < 4.78 is 1.08. The van der Waals surface area contributed by atoms with Crippen molar-refractivity contribution in [2.24, 2.45) is 5.92 Å². The molecule has 4 heterocycles. The van der Waals surface area contributed by atoms with Crippen molar-refractivity contribution in [2.75, 3.05) is 11.9 Å². The van der Waals surface area contributed by atoms with E-state index in [-0.39, 0.29) is 0 Å². The minimum atomic E-state index is 0.434. The first kappa shape index (κ1) is 13.8. The molecule has 0 amide bonds. The standard InChI is InChI=1S/C15H18N6S/c1-8-11(9(2)21-20-8)6-17-14-13-12(18-7-19-14)10-4-3-5-16-15(10)22-13/h3-5,7-9,11,20-21H,6H2,1-2H3,(H,17,18,19). The lowest BCUT2D eigenvalue weighted by molar-refractivity contribution is 0.466. The smallest absolute Gasteiger partial charge is 0.147 e. The molecule has 6 nitrogen and oxygen atoms in total. The Labute approximate surface area is 132 Å². The molecule has 22 heavy (non-hydrogen) atoms. The molecular weight excluding hydrogens is 296 g/mol. The molecule has 0 aromatic carbocycles. The van der Waals surface area contributed by atoms with Crippen LogP contribution in [-0.4, -0.2) is 33.6 Å². The molecular formula is C15H18N6S. The van der Waals surface area contributed by atoms with Gasteiger partial charge in [-0.05, 0) is 26.0 Å². The fourth-order valence-corrected chi connectivity index (χ4v) is 4.08. The highest BCUT2D eigenvalue weighted by Gasteiger charge is 2.29. The molecule has 2 unspecified atom stereocenters. The van der Waals surface area contributed by atoms with Gasteiger partial charge in [0.05, 0.1) is 10.2 Å². The van der Waals surface area contributed by atoms with Gasteiger partial charge in [0.25, 0.3) is 0 Å². The molecule has 4 rings (SSSR count). The van der Waals surface area contributed by atoms with Gasteiger partial charge in [0, 0.05) is 36.1 Å². The summed E-state index contributed by atoms with van der Waals surface area (Å²) in [7, 11) is 0. The Morgan fingerprint density at radius 1 is 1.18 bits per heavy atom. The maximum absolute atomic E-state index is 4.43. The van der Waals surface area contributed by atoms with E-state index in [1.807, 2.05) is 12.3 Å². The number of pyridine rings is 1. The van der Waals surface area contributed by atoms with Gasteiger partial charge in [-0.2, -0.15) is 0 Å². The second-order valence-corrected chi connectivity index (χ2v) is 6.77. The largest absolute Gasteiger partial charge is 0.368 e. The van der Waals surface area contributed by atoms with E-state index in [0.29, 0.717) is 18.0 Å². The Balaban J connectivity index is 1.67. The second-order valence-electron chi connectivity index (χ2n) is 5.77. The zero-order chi connectivity index (χ0) is 15.1. The molecule has 114 valence electrons. The van der Waals surface area contributed by atoms with E-state index < -0.39 is 0 Å². The SMILES string of the molecule is CC1NNC(C)C1CNc1ncnc2c1sc1ncccc12. The Morgan fingerprint density at radius 3 is 2.82 bits per heavy atom. The van der Waals surface area contributed by atoms with Crippen LogP contribution in [0.25, 0.3) is 20.4 Å². The number of aromatic nitrogens is 3. The van der Waals surface area contributed by atoms with Crippen molar-refractivity contribution in [3.05, 3.63) is 24.7 Å². The molecule has 1 saturated heterocycles. The molecule has 1 fully saturated rings. The van der Waals surface area contributed by atoms with Crippen molar-refractivity contribution in [3.8, 4) is 0 Å². The Hall–Kier alpha value is -1.83. The lowest BCUT2D eigenvalue weighted by atomic mass is 9.97. The average Bonchev–Trinajstić information content (AvgIpc) is 3.07. The van der Waals surface area contributed by atoms with Gasteiger partial charge in [-0.3, -0.25) is 10.9 Å². The Kier molecular flexibility index (Phi) is 3.40. The molecule has 0 radical (unpaired) electrons. The van der Waals surface area contributed by atoms with Gasteiger partial charge in [-0.15, -0.1) is 11.3 Å². The van der Waals surface area contributed by atoms with Gasteiger partial charge in [-0.25, -0.2) is 15.0 Å². The minimum absolute atomic E-state index is 0.434. The van der Waals surface area contributed by atoms with Gasteiger partial charge >= 0.3 is 0 Å². The lowest BCUT2D eigenvalue weighted by Crippen LogP contribution is -2.30. The van der Waals surface area contributed by atoms with Crippen LogP contribution in [0.1, 0.15) is 13.8 Å². The molecule has 1 aliphatic rings. The van der Waals surface area contributed by atoms with Crippen LogP contribution in [0.2, 0.25) is 0 Å². The maximum Gasteiger partial charge on any atom is 0.147 e. The molecule has 1 aliphatic heterocycles. The summed E-state index contributed by atoms with van der Waals surface area (Å²) in [5.74, 6) is 1.41. The predicted octanol–water partition coefficient (Wildman–Crippen LogP) is 2.15. The minimum Gasteiger partial charge on any atom is -0.368 e. The van der Waals surface area contributed by atoms with Crippen LogP contribution in [-0.2, 0) is 0 Å². The first-order valence-electron chi connectivity index (χ1n) is 7.47. The van der Waals surface area contributed by atoms with E-state index in [2.05, 4.69) is 51.0 Å². The number of hydrogen-bond donors (Lipinski definition) is 3. The highest BCUT2D eigenvalue weighted by atomic mass is 32.1. The summed E-state index contributed by atoms with van der Waals surface area (Å²) in [4.78, 5) is 14.3. The van der Waals surface area contributed by atoms with Crippen LogP contribution < -0.4 is 16.2 Å². The van der Waals surface area contributed by atoms with Crippen molar-refractivity contribution >= 4 is 37.6 Å². The fourth-order valence-electron chi connectivity index (χ4n) is 3.02. The van der Waals surface area contributed by atoms with E-state index in [4.69, 9.17) is 0 Å². The van der Waals surface area contributed by atoms with Crippen molar-refractivity contribution in [1.29, 1.82) is 0 Å². The van der Waals surface area contributed by atoms with Crippen LogP contribution in [0.4, 0.5) is 5.82 Å². The van der Waals surface area contributed by atoms with Crippen molar-refractivity contribution in [3.63, 3.8) is 0 Å². The van der Waals surface area contributed by atoms with E-state index >= 15 is 0 Å². The van der Waals surface area contributed by atoms with Gasteiger partial charge < -0.3 is 5.32 Å². The van der Waals surface area contributed by atoms with Crippen LogP contribution >= 0.6 is 11.3 Å². The number of thiophene rings is 1. The molecule has 0 saturated carbocycles. The third kappa shape index (κ3) is 2.22. The van der Waals surface area contributed by atoms with Gasteiger partial charge in [0.1, 0.15) is 17.0 Å². The predicted molar refractivity (Wildman–Crippen MR) is 89.9 cm³/mol. The zero-order valence-electron chi connectivity index (χ0n) is 12.5. The monoisotopic (exact) mass is 314 g/mol. The summed E-state index contributed by atoms with van der Waals surface area (Å²) in [5, 5.41) is 4.60. The first-order chi connectivity index (χ1) is 10.7. The highest BCUT2D eigenvalue weighted by molar-refractivity contribution is 7.25. The van der Waals surface area contributed by atoms with Crippen molar-refractivity contribution < 1.29 is 0 Å². The van der Waals surface area contributed by atoms with E-state index in [9.17, 15) is 0 Å². The van der Waals surface area contributed by atoms with Crippen molar-refractivity contribution in [2.45, 2.75) is 25.9 Å². The highest BCUT2D eigenvalue weighted by Crippen LogP contribution is 2.34. The van der Waals surface area contributed by atoms with Crippen LogP contribution in [0.3, 0.4) is 0 Å². The molecule has 0 bridgehead atoms. The Morgan fingerprint density at radius 2 is 2.00 bits per heavy atom. The molecule has 7 heteroatoms. The number of fused-ring (bicyclic) bond motifs is 3. The second kappa shape index (κ2) is 5.42. The maximum atomic E-state index is 4.43. The third-order valence-corrected chi connectivity index (χ3v) is 5.47. The van der Waals surface area contributed by atoms with Gasteiger partial charge in [0.15, 0.2) is 0 Å². The summed E-state index contributed by atoms with van der Waals surface area (Å²) in [6.07, 6.45) is 3.44. The van der Waals surface area contributed by atoms with Crippen LogP contribution in [0.15, 0.2) is 24.7 Å². The third-order valence-electron chi connectivity index (χ3n) is 4.36. The summed E-state index contributed by atoms with van der Waals surface area (Å²) in [6.45, 7) is 5.26. The molecule has 0 spiro atoms. The number of anilines is 1. The lowest BCUT2D eigenvalue weighted by Gasteiger charge is -2.18. The summed E-state index contributed by atoms with van der Waals surface area (Å²) >= 11 is 1.64. The summed E-state index contributed by atoms with van der Waals surface area (Å²) in [5.41, 5.74) is 7.55. The summed E-state index contributed by atoms with van der Waals surface area (Å²) in [6, 6.07) is 4.88. The quantitative estimate of drug-likeness (QED) is 0.688. The molecule has 3 N–H and O–H groups in total. The number of hydrazine groups is 1. The van der Waals surface area contributed by atoms with E-state index in [1.54, 1.807) is 17.7 Å². The number of rotatable bonds is 3. The van der Waals surface area contributed by atoms with Gasteiger partial charge in [0.2, 0.25) is 0 Å². The van der Waals surface area contributed by atoms with Crippen molar-refractivity contribution in [1.82, 2.24) is 25.8 Å². The first-order valence-corrected chi connectivity index (χ1v) is 8.29. The molecule has 0 aliphatic carbocycles. The van der Waals surface area contributed by atoms with E-state index in [1.165, 1.54) is 0 Å². The van der Waals surface area contributed by atoms with Gasteiger partial charge in [-0.1, -0.05) is 0 Å². The number of nitrogens with zero attached hydrogens (tertiary/aromatic N) is 3. The normalized spacial score (nSPS) is 25.1. The zero-order valence-corrected chi connectivity index (χ0v) is 13.3.